The summed E-state index contributed by atoms with van der Waals surface area (Å²) in [4.78, 5) is 2.33. The van der Waals surface area contributed by atoms with Gasteiger partial charge in [0.1, 0.15) is 24.2 Å². The van der Waals surface area contributed by atoms with Gasteiger partial charge in [-0.05, 0) is 49.7 Å². The summed E-state index contributed by atoms with van der Waals surface area (Å²) in [6.45, 7) is 4.74. The number of methoxy groups -OCH3 is 1. The van der Waals surface area contributed by atoms with E-state index in [1.807, 2.05) is 30.3 Å². The average molecular weight is 385 g/mol. The van der Waals surface area contributed by atoms with Crippen molar-refractivity contribution >= 4 is 0 Å². The number of hydrogen-bond acceptors (Lipinski definition) is 5. The fraction of sp³-hybridized carbons (Fsp3) is 0.478. The largest absolute Gasteiger partial charge is 0.496 e. The van der Waals surface area contributed by atoms with Crippen LogP contribution in [0.2, 0.25) is 0 Å². The van der Waals surface area contributed by atoms with E-state index in [1.165, 1.54) is 24.8 Å². The first-order chi connectivity index (χ1) is 13.7. The Morgan fingerprint density at radius 2 is 1.75 bits per heavy atom. The minimum absolute atomic E-state index is 0.335. The van der Waals surface area contributed by atoms with E-state index in [0.717, 1.165) is 43.2 Å². The summed E-state index contributed by atoms with van der Waals surface area (Å²) in [6, 6.07) is 16.1. The van der Waals surface area contributed by atoms with E-state index >= 15 is 0 Å². The Balaban J connectivity index is 1.38. The van der Waals surface area contributed by atoms with E-state index in [0.29, 0.717) is 13.2 Å². The van der Waals surface area contributed by atoms with Crippen LogP contribution in [0.5, 0.6) is 11.5 Å². The molecular weight excluding hydrogens is 352 g/mol. The molecular formula is C23H32N2O3. The lowest BCUT2D eigenvalue weighted by Gasteiger charge is -2.28. The molecule has 0 spiro atoms. The number of piperidine rings is 1. The predicted molar refractivity (Wildman–Crippen MR) is 112 cm³/mol. The van der Waals surface area contributed by atoms with Gasteiger partial charge in [0.05, 0.1) is 7.11 Å². The first kappa shape index (κ1) is 20.6. The number of likely N-dealkylation sites (tertiary alicyclic amines) is 1. The summed E-state index contributed by atoms with van der Waals surface area (Å²) in [7, 11) is 1.70. The Labute approximate surface area is 168 Å². The highest BCUT2D eigenvalue weighted by molar-refractivity contribution is 5.33. The Morgan fingerprint density at radius 1 is 1.00 bits per heavy atom. The molecule has 0 aliphatic carbocycles. The maximum Gasteiger partial charge on any atom is 0.123 e. The number of hydrogen-bond donors (Lipinski definition) is 2. The van der Waals surface area contributed by atoms with Crippen molar-refractivity contribution in [2.24, 2.45) is 0 Å². The molecule has 2 aromatic rings. The van der Waals surface area contributed by atoms with Gasteiger partial charge < -0.3 is 24.8 Å². The van der Waals surface area contributed by atoms with Crippen molar-refractivity contribution in [3.05, 3.63) is 59.7 Å². The van der Waals surface area contributed by atoms with E-state index in [9.17, 15) is 5.11 Å². The van der Waals surface area contributed by atoms with E-state index in [-0.39, 0.29) is 0 Å². The summed E-state index contributed by atoms with van der Waals surface area (Å²) in [5, 5.41) is 13.6. The van der Waals surface area contributed by atoms with Gasteiger partial charge >= 0.3 is 0 Å². The molecule has 5 nitrogen and oxygen atoms in total. The van der Waals surface area contributed by atoms with Crippen molar-refractivity contribution in [1.29, 1.82) is 0 Å². The van der Waals surface area contributed by atoms with Crippen molar-refractivity contribution in [1.82, 2.24) is 10.2 Å². The van der Waals surface area contributed by atoms with E-state index in [1.54, 1.807) is 7.11 Å². The second-order valence-electron chi connectivity index (χ2n) is 7.39. The van der Waals surface area contributed by atoms with Crippen LogP contribution in [0.3, 0.4) is 0 Å². The van der Waals surface area contributed by atoms with E-state index in [4.69, 9.17) is 9.47 Å². The minimum atomic E-state index is -0.444. The van der Waals surface area contributed by atoms with Gasteiger partial charge in [0, 0.05) is 25.2 Å². The van der Waals surface area contributed by atoms with Crippen LogP contribution in [0.15, 0.2) is 48.5 Å². The summed E-state index contributed by atoms with van der Waals surface area (Å²) < 4.78 is 11.1. The fourth-order valence-corrected chi connectivity index (χ4v) is 3.58. The van der Waals surface area contributed by atoms with Gasteiger partial charge in [-0.1, -0.05) is 36.8 Å². The van der Waals surface area contributed by atoms with Crippen LogP contribution in [-0.4, -0.2) is 49.5 Å². The zero-order chi connectivity index (χ0) is 19.6. The molecule has 0 amide bonds. The van der Waals surface area contributed by atoms with Crippen molar-refractivity contribution in [2.75, 3.05) is 33.4 Å². The van der Waals surface area contributed by atoms with Crippen molar-refractivity contribution < 1.29 is 14.6 Å². The highest BCUT2D eigenvalue weighted by Gasteiger charge is 2.15. The number of para-hydroxylation sites is 1. The Kier molecular flexibility index (Phi) is 8.15. The predicted octanol–water partition coefficient (Wildman–Crippen LogP) is 3.21. The molecule has 0 bridgehead atoms. The maximum atomic E-state index is 10.2. The molecule has 28 heavy (non-hydrogen) atoms. The lowest BCUT2D eigenvalue weighted by atomic mass is 10.1. The molecule has 0 aromatic heterocycles. The molecule has 1 atom stereocenters. The second kappa shape index (κ2) is 11.1. The Hall–Kier alpha value is -2.08. The average Bonchev–Trinajstić information content (AvgIpc) is 2.74. The third-order valence-electron chi connectivity index (χ3n) is 5.12. The highest BCUT2D eigenvalue weighted by atomic mass is 16.5. The smallest absolute Gasteiger partial charge is 0.123 e. The summed E-state index contributed by atoms with van der Waals surface area (Å²) in [6.07, 6.45) is 3.34. The molecule has 1 fully saturated rings. The molecule has 2 aromatic carbocycles. The number of aliphatic hydroxyl groups is 1. The van der Waals surface area contributed by atoms with Crippen LogP contribution in [0.1, 0.15) is 30.4 Å². The molecule has 0 saturated carbocycles. The molecule has 3 rings (SSSR count). The van der Waals surface area contributed by atoms with E-state index < -0.39 is 6.10 Å². The zero-order valence-corrected chi connectivity index (χ0v) is 16.8. The first-order valence-electron chi connectivity index (χ1n) is 10.2. The van der Waals surface area contributed by atoms with Crippen LogP contribution in [0.25, 0.3) is 0 Å². The molecule has 1 aliphatic rings. The molecule has 1 aliphatic heterocycles. The number of ether oxygens (including phenoxy) is 2. The molecule has 0 unspecified atom stereocenters. The van der Waals surface area contributed by atoms with Gasteiger partial charge in [0.25, 0.3) is 0 Å². The first-order valence-corrected chi connectivity index (χ1v) is 10.2. The lowest BCUT2D eigenvalue weighted by molar-refractivity contribution is 0.0617. The highest BCUT2D eigenvalue weighted by Crippen LogP contribution is 2.17. The standard InChI is InChI=1S/C23H32N2O3/c1-27-23-8-4-3-7-20(23)16-24-15-19-9-11-22(12-10-19)28-18-21(26)17-25-13-5-2-6-14-25/h3-4,7-12,21,24,26H,2,5-6,13-18H2,1H3/t21-/m0/s1. The summed E-state index contributed by atoms with van der Waals surface area (Å²) >= 11 is 0. The van der Waals surface area contributed by atoms with Crippen molar-refractivity contribution in [2.45, 2.75) is 38.5 Å². The van der Waals surface area contributed by atoms with Gasteiger partial charge in [0.2, 0.25) is 0 Å². The lowest BCUT2D eigenvalue weighted by Crippen LogP contribution is -2.38. The number of nitrogens with zero attached hydrogens (tertiary/aromatic N) is 1. The van der Waals surface area contributed by atoms with Crippen LogP contribution in [-0.2, 0) is 13.1 Å². The van der Waals surface area contributed by atoms with Gasteiger partial charge in [-0.2, -0.15) is 0 Å². The minimum Gasteiger partial charge on any atom is -0.496 e. The van der Waals surface area contributed by atoms with Gasteiger partial charge in [0.15, 0.2) is 0 Å². The van der Waals surface area contributed by atoms with Crippen molar-refractivity contribution in [3.63, 3.8) is 0 Å². The third kappa shape index (κ3) is 6.51. The number of β-amino-alcohol motifs (C(OH)–C–C–N with tert-alkyl or cyclic N) is 1. The van der Waals surface area contributed by atoms with Gasteiger partial charge in [-0.3, -0.25) is 0 Å². The molecule has 2 N–H and O–H groups in total. The molecule has 1 heterocycles. The summed E-state index contributed by atoms with van der Waals surface area (Å²) in [5.74, 6) is 1.70. The quantitative estimate of drug-likeness (QED) is 0.659. The number of aliphatic hydroxyl groups excluding tert-OH is 1. The van der Waals surface area contributed by atoms with Crippen LogP contribution < -0.4 is 14.8 Å². The number of benzene rings is 2. The molecule has 152 valence electrons. The maximum absolute atomic E-state index is 10.2. The Morgan fingerprint density at radius 3 is 2.50 bits per heavy atom. The van der Waals surface area contributed by atoms with Crippen LogP contribution in [0, 0.1) is 0 Å². The number of nitrogens with one attached hydrogen (secondary N) is 1. The zero-order valence-electron chi connectivity index (χ0n) is 16.8. The normalized spacial score (nSPS) is 15.9. The van der Waals surface area contributed by atoms with Gasteiger partial charge in [-0.25, -0.2) is 0 Å². The SMILES string of the molecule is COc1ccccc1CNCc1ccc(OC[C@@H](O)CN2CCCCC2)cc1. The van der Waals surface area contributed by atoms with Crippen molar-refractivity contribution in [3.8, 4) is 11.5 Å². The molecule has 5 heteroatoms. The van der Waals surface area contributed by atoms with Gasteiger partial charge in [-0.15, -0.1) is 0 Å². The van der Waals surface area contributed by atoms with Crippen LogP contribution in [0.4, 0.5) is 0 Å². The molecule has 1 saturated heterocycles. The van der Waals surface area contributed by atoms with E-state index in [2.05, 4.69) is 28.4 Å². The fourth-order valence-electron chi connectivity index (χ4n) is 3.58. The Bertz CT molecular complexity index is 699. The summed E-state index contributed by atoms with van der Waals surface area (Å²) in [5.41, 5.74) is 2.34. The topological polar surface area (TPSA) is 54.0 Å². The second-order valence-corrected chi connectivity index (χ2v) is 7.39. The number of rotatable bonds is 10. The van der Waals surface area contributed by atoms with Crippen LogP contribution >= 0.6 is 0 Å². The monoisotopic (exact) mass is 384 g/mol. The third-order valence-corrected chi connectivity index (χ3v) is 5.12. The molecule has 0 radical (unpaired) electrons.